The van der Waals surface area contributed by atoms with Crippen molar-refractivity contribution in [2.24, 2.45) is 0 Å². The SMILES string of the molecule is Cc1nc(NC(C)c2cccc(C(F)(F)CO)c2)c2cc(N(C)c3ccc(O)c(CC(=O)N(C)C)c3)ccc2n1.Cl. The summed E-state index contributed by atoms with van der Waals surface area (Å²) in [5.74, 6) is -2.30. The van der Waals surface area contributed by atoms with E-state index in [-0.39, 0.29) is 42.1 Å². The summed E-state index contributed by atoms with van der Waals surface area (Å²) in [6.07, 6.45) is 0.0722. The second-order valence-electron chi connectivity index (χ2n) is 10.0. The van der Waals surface area contributed by atoms with Crippen LogP contribution < -0.4 is 10.2 Å². The number of alkyl halides is 2. The molecule has 3 aromatic carbocycles. The van der Waals surface area contributed by atoms with E-state index in [4.69, 9.17) is 5.11 Å². The number of amides is 1. The Hall–Kier alpha value is -4.02. The summed E-state index contributed by atoms with van der Waals surface area (Å²) in [7, 11) is 5.21. The van der Waals surface area contributed by atoms with Gasteiger partial charge < -0.3 is 25.3 Å². The summed E-state index contributed by atoms with van der Waals surface area (Å²) >= 11 is 0. The number of nitrogens with one attached hydrogen (secondary N) is 1. The number of carbonyl (C=O) groups excluding carboxylic acids is 1. The van der Waals surface area contributed by atoms with Gasteiger partial charge in [0, 0.05) is 55.1 Å². The van der Waals surface area contributed by atoms with Crippen LogP contribution in [0.25, 0.3) is 10.9 Å². The molecule has 1 atom stereocenters. The summed E-state index contributed by atoms with van der Waals surface area (Å²) in [6.45, 7) is 2.37. The number of aromatic nitrogens is 2. The van der Waals surface area contributed by atoms with Gasteiger partial charge in [0.25, 0.3) is 5.92 Å². The predicted octanol–water partition coefficient (Wildman–Crippen LogP) is 5.72. The fraction of sp³-hybridized carbons (Fsp3) is 0.300. The third kappa shape index (κ3) is 7.01. The molecule has 3 N–H and O–H groups in total. The number of benzene rings is 3. The Morgan fingerprint density at radius 1 is 1.02 bits per heavy atom. The monoisotopic (exact) mass is 585 g/mol. The van der Waals surface area contributed by atoms with E-state index >= 15 is 0 Å². The van der Waals surface area contributed by atoms with Crippen LogP contribution in [-0.4, -0.2) is 58.7 Å². The lowest BCUT2D eigenvalue weighted by molar-refractivity contribution is -0.128. The zero-order valence-corrected chi connectivity index (χ0v) is 24.3. The average Bonchev–Trinajstić information content (AvgIpc) is 2.93. The predicted molar refractivity (Wildman–Crippen MR) is 160 cm³/mol. The minimum Gasteiger partial charge on any atom is -0.508 e. The minimum absolute atomic E-state index is 0. The Balaban J connectivity index is 0.00000462. The Labute approximate surface area is 244 Å². The van der Waals surface area contributed by atoms with E-state index in [0.29, 0.717) is 28.3 Å². The highest BCUT2D eigenvalue weighted by Gasteiger charge is 2.30. The molecule has 0 aliphatic rings. The summed E-state index contributed by atoms with van der Waals surface area (Å²) in [5, 5.41) is 23.5. The lowest BCUT2D eigenvalue weighted by atomic mass is 10.0. The molecule has 0 spiro atoms. The molecular formula is C30H34ClF2N5O3. The number of carbonyl (C=O) groups is 1. The van der Waals surface area contributed by atoms with Crippen LogP contribution in [0.15, 0.2) is 60.7 Å². The van der Waals surface area contributed by atoms with E-state index in [1.807, 2.05) is 37.1 Å². The average molecular weight is 586 g/mol. The van der Waals surface area contributed by atoms with Crippen molar-refractivity contribution in [1.29, 1.82) is 0 Å². The van der Waals surface area contributed by atoms with E-state index in [2.05, 4.69) is 15.3 Å². The van der Waals surface area contributed by atoms with Crippen LogP contribution in [0.5, 0.6) is 5.75 Å². The summed E-state index contributed by atoms with van der Waals surface area (Å²) in [4.78, 5) is 24.8. The first kappa shape index (κ1) is 31.5. The maximum absolute atomic E-state index is 14.1. The highest BCUT2D eigenvalue weighted by atomic mass is 35.5. The number of anilines is 3. The molecule has 0 radical (unpaired) electrons. The molecule has 11 heteroatoms. The van der Waals surface area contributed by atoms with E-state index in [1.54, 1.807) is 51.4 Å². The Morgan fingerprint density at radius 2 is 1.71 bits per heavy atom. The highest BCUT2D eigenvalue weighted by molar-refractivity contribution is 5.92. The molecular weight excluding hydrogens is 552 g/mol. The van der Waals surface area contributed by atoms with Gasteiger partial charge >= 0.3 is 0 Å². The molecule has 4 aromatic rings. The number of aliphatic hydroxyl groups excluding tert-OH is 1. The number of halogens is 3. The fourth-order valence-electron chi connectivity index (χ4n) is 4.36. The molecule has 0 saturated heterocycles. The lowest BCUT2D eigenvalue weighted by Crippen LogP contribution is -2.23. The molecule has 0 aliphatic heterocycles. The summed E-state index contributed by atoms with van der Waals surface area (Å²) in [6, 6.07) is 16.4. The molecule has 8 nitrogen and oxygen atoms in total. The highest BCUT2D eigenvalue weighted by Crippen LogP contribution is 2.34. The smallest absolute Gasteiger partial charge is 0.295 e. The lowest BCUT2D eigenvalue weighted by Gasteiger charge is -2.23. The Morgan fingerprint density at radius 3 is 2.39 bits per heavy atom. The molecule has 41 heavy (non-hydrogen) atoms. The van der Waals surface area contributed by atoms with Gasteiger partial charge in [-0.3, -0.25) is 4.79 Å². The molecule has 1 aromatic heterocycles. The summed E-state index contributed by atoms with van der Waals surface area (Å²) < 4.78 is 28.2. The number of fused-ring (bicyclic) bond motifs is 1. The molecule has 218 valence electrons. The van der Waals surface area contributed by atoms with Crippen LogP contribution in [0.3, 0.4) is 0 Å². The van der Waals surface area contributed by atoms with E-state index in [0.717, 1.165) is 16.8 Å². The zero-order valence-electron chi connectivity index (χ0n) is 23.5. The summed E-state index contributed by atoms with van der Waals surface area (Å²) in [5.41, 5.74) is 3.18. The number of hydrogen-bond donors (Lipinski definition) is 3. The zero-order chi connectivity index (χ0) is 29.2. The van der Waals surface area contributed by atoms with Crippen molar-refractivity contribution in [3.63, 3.8) is 0 Å². The number of aliphatic hydroxyl groups is 1. The molecule has 0 saturated carbocycles. The van der Waals surface area contributed by atoms with Crippen LogP contribution in [-0.2, 0) is 17.1 Å². The van der Waals surface area contributed by atoms with Gasteiger partial charge in [0.05, 0.1) is 11.9 Å². The van der Waals surface area contributed by atoms with Gasteiger partial charge in [-0.1, -0.05) is 18.2 Å². The quantitative estimate of drug-likeness (QED) is 0.231. The third-order valence-electron chi connectivity index (χ3n) is 6.83. The number of aromatic hydroxyl groups is 1. The fourth-order valence-corrected chi connectivity index (χ4v) is 4.36. The maximum Gasteiger partial charge on any atom is 0.295 e. The van der Waals surface area contributed by atoms with Crippen LogP contribution in [0, 0.1) is 6.92 Å². The maximum atomic E-state index is 14.1. The van der Waals surface area contributed by atoms with Gasteiger partial charge in [-0.25, -0.2) is 9.97 Å². The van der Waals surface area contributed by atoms with Gasteiger partial charge in [-0.15, -0.1) is 12.4 Å². The van der Waals surface area contributed by atoms with E-state index in [1.165, 1.54) is 17.0 Å². The van der Waals surface area contributed by atoms with E-state index in [9.17, 15) is 18.7 Å². The van der Waals surface area contributed by atoms with Crippen molar-refractivity contribution in [2.45, 2.75) is 32.2 Å². The molecule has 4 rings (SSSR count). The number of likely N-dealkylation sites (N-methyl/N-ethyl adjacent to an activating group) is 1. The Kier molecular flexibility index (Phi) is 9.73. The van der Waals surface area contributed by atoms with Crippen molar-refractivity contribution in [1.82, 2.24) is 14.9 Å². The van der Waals surface area contributed by atoms with Gasteiger partial charge in [0.1, 0.15) is 24.0 Å². The van der Waals surface area contributed by atoms with Gasteiger partial charge in [0.2, 0.25) is 5.91 Å². The number of rotatable bonds is 9. The molecule has 1 amide bonds. The molecule has 0 fully saturated rings. The van der Waals surface area contributed by atoms with Crippen molar-refractivity contribution < 1.29 is 23.8 Å². The largest absolute Gasteiger partial charge is 0.508 e. The number of hydrogen-bond acceptors (Lipinski definition) is 7. The second kappa shape index (κ2) is 12.7. The topological polar surface area (TPSA) is 102 Å². The number of nitrogens with zero attached hydrogens (tertiary/aromatic N) is 4. The van der Waals surface area contributed by atoms with Gasteiger partial charge in [-0.05, 0) is 61.9 Å². The number of phenols is 1. The van der Waals surface area contributed by atoms with Crippen LogP contribution >= 0.6 is 12.4 Å². The molecule has 0 aliphatic carbocycles. The molecule has 0 bridgehead atoms. The van der Waals surface area contributed by atoms with Crippen molar-refractivity contribution in [3.8, 4) is 5.75 Å². The first-order chi connectivity index (χ1) is 18.9. The first-order valence-electron chi connectivity index (χ1n) is 12.8. The number of aryl methyl sites for hydroxylation is 1. The van der Waals surface area contributed by atoms with Crippen LogP contribution in [0.1, 0.15) is 35.5 Å². The number of phenolic OH excluding ortho intramolecular Hbond substituents is 1. The van der Waals surface area contributed by atoms with E-state index < -0.39 is 12.5 Å². The normalized spacial score (nSPS) is 12.0. The second-order valence-corrected chi connectivity index (χ2v) is 10.0. The minimum atomic E-state index is -3.33. The van der Waals surface area contributed by atoms with Crippen molar-refractivity contribution in [2.75, 3.05) is 38.0 Å². The molecule has 1 unspecified atom stereocenters. The van der Waals surface area contributed by atoms with Crippen molar-refractivity contribution >= 4 is 46.4 Å². The Bertz CT molecular complexity index is 1550. The van der Waals surface area contributed by atoms with Crippen LogP contribution in [0.2, 0.25) is 0 Å². The molecule has 1 heterocycles. The third-order valence-corrected chi connectivity index (χ3v) is 6.83. The first-order valence-corrected chi connectivity index (χ1v) is 12.8. The van der Waals surface area contributed by atoms with Crippen LogP contribution in [0.4, 0.5) is 26.0 Å². The van der Waals surface area contributed by atoms with Gasteiger partial charge in [0.15, 0.2) is 0 Å². The van der Waals surface area contributed by atoms with Crippen molar-refractivity contribution in [3.05, 3.63) is 83.2 Å². The van der Waals surface area contributed by atoms with Gasteiger partial charge in [-0.2, -0.15) is 8.78 Å². The standard InChI is InChI=1S/C30H33F2N5O3.ClH/c1-18(20-7-6-8-22(13-20)30(31,32)17-38)33-29-25-16-24(9-11-26(25)34-19(2)35-29)37(5)23-10-12-27(39)21(14-23)15-28(40)36(3)4;/h6-14,16,18,38-39H,15,17H2,1-5H3,(H,33,34,35);1H.